The molecule has 1 amide bonds. The largest absolute Gasteiger partial charge is 0.497 e. The van der Waals surface area contributed by atoms with Gasteiger partial charge in [-0.15, -0.1) is 0 Å². The number of rotatable bonds is 5. The summed E-state index contributed by atoms with van der Waals surface area (Å²) in [7, 11) is 1.67. The SMILES string of the molecule is COc1ccc([C@@H](NC(=O)C2CCCCC2)C(C)C)cc1. The van der Waals surface area contributed by atoms with Gasteiger partial charge in [0.05, 0.1) is 13.2 Å². The first-order valence-electron chi connectivity index (χ1n) is 8.06. The van der Waals surface area contributed by atoms with Gasteiger partial charge in [-0.05, 0) is 36.5 Å². The highest BCUT2D eigenvalue weighted by Crippen LogP contribution is 2.27. The van der Waals surface area contributed by atoms with E-state index in [9.17, 15) is 4.79 Å². The van der Waals surface area contributed by atoms with Crippen LogP contribution in [0.1, 0.15) is 57.6 Å². The van der Waals surface area contributed by atoms with E-state index in [1.165, 1.54) is 19.3 Å². The zero-order valence-electron chi connectivity index (χ0n) is 13.4. The van der Waals surface area contributed by atoms with Crippen molar-refractivity contribution in [1.82, 2.24) is 5.32 Å². The third-order valence-electron chi connectivity index (χ3n) is 4.42. The molecule has 0 unspecified atom stereocenters. The van der Waals surface area contributed by atoms with Crippen LogP contribution in [0.5, 0.6) is 5.75 Å². The van der Waals surface area contributed by atoms with Gasteiger partial charge >= 0.3 is 0 Å². The molecule has 1 aliphatic carbocycles. The molecule has 0 heterocycles. The van der Waals surface area contributed by atoms with E-state index in [1.807, 2.05) is 24.3 Å². The first kappa shape index (κ1) is 15.9. The van der Waals surface area contributed by atoms with Crippen LogP contribution in [0.4, 0.5) is 0 Å². The Bertz CT molecular complexity index is 447. The van der Waals surface area contributed by atoms with Gasteiger partial charge in [0.25, 0.3) is 0 Å². The first-order chi connectivity index (χ1) is 10.1. The van der Waals surface area contributed by atoms with Crippen LogP contribution in [-0.4, -0.2) is 13.0 Å². The monoisotopic (exact) mass is 289 g/mol. The highest BCUT2D eigenvalue weighted by molar-refractivity contribution is 5.79. The molecule has 1 N–H and O–H groups in total. The Morgan fingerprint density at radius 2 is 1.76 bits per heavy atom. The lowest BCUT2D eigenvalue weighted by atomic mass is 9.87. The molecule has 0 radical (unpaired) electrons. The Kier molecular flexibility index (Phi) is 5.66. The molecule has 0 bridgehead atoms. The van der Waals surface area contributed by atoms with Crippen molar-refractivity contribution in [2.45, 2.75) is 52.0 Å². The molecule has 0 saturated heterocycles. The number of carbonyl (C=O) groups is 1. The van der Waals surface area contributed by atoms with Crippen LogP contribution in [0.15, 0.2) is 24.3 Å². The van der Waals surface area contributed by atoms with Crippen LogP contribution in [0, 0.1) is 11.8 Å². The molecule has 21 heavy (non-hydrogen) atoms. The molecule has 116 valence electrons. The van der Waals surface area contributed by atoms with Gasteiger partial charge in [-0.1, -0.05) is 45.2 Å². The maximum atomic E-state index is 12.5. The van der Waals surface area contributed by atoms with E-state index in [-0.39, 0.29) is 17.9 Å². The molecule has 0 aliphatic heterocycles. The van der Waals surface area contributed by atoms with Gasteiger partial charge in [0.2, 0.25) is 5.91 Å². The maximum Gasteiger partial charge on any atom is 0.223 e. The predicted octanol–water partition coefficient (Wildman–Crippen LogP) is 4.09. The minimum Gasteiger partial charge on any atom is -0.497 e. The summed E-state index contributed by atoms with van der Waals surface area (Å²) in [4.78, 5) is 12.5. The standard InChI is InChI=1S/C18H27NO2/c1-13(2)17(14-9-11-16(21-3)12-10-14)19-18(20)15-7-5-4-6-8-15/h9-13,15,17H,4-8H2,1-3H3,(H,19,20)/t17-/m0/s1. The second-order valence-electron chi connectivity index (χ2n) is 6.34. The lowest BCUT2D eigenvalue weighted by Crippen LogP contribution is -2.37. The van der Waals surface area contributed by atoms with E-state index >= 15 is 0 Å². The summed E-state index contributed by atoms with van der Waals surface area (Å²) < 4.78 is 5.20. The fraction of sp³-hybridized carbons (Fsp3) is 0.611. The summed E-state index contributed by atoms with van der Waals surface area (Å²) >= 11 is 0. The van der Waals surface area contributed by atoms with Gasteiger partial charge in [-0.2, -0.15) is 0 Å². The summed E-state index contributed by atoms with van der Waals surface area (Å²) in [5.41, 5.74) is 1.15. The van der Waals surface area contributed by atoms with Crippen molar-refractivity contribution in [3.8, 4) is 5.75 Å². The highest BCUT2D eigenvalue weighted by Gasteiger charge is 2.25. The minimum atomic E-state index is 0.0744. The molecule has 3 heteroatoms. The summed E-state index contributed by atoms with van der Waals surface area (Å²) in [5, 5.41) is 3.26. The molecule has 1 saturated carbocycles. The van der Waals surface area contributed by atoms with Gasteiger partial charge in [0.1, 0.15) is 5.75 Å². The van der Waals surface area contributed by atoms with Crippen molar-refractivity contribution in [3.05, 3.63) is 29.8 Å². The lowest BCUT2D eigenvalue weighted by molar-refractivity contribution is -0.127. The number of amides is 1. The quantitative estimate of drug-likeness (QED) is 0.886. The van der Waals surface area contributed by atoms with Crippen LogP contribution < -0.4 is 10.1 Å². The van der Waals surface area contributed by atoms with Crippen LogP contribution in [0.2, 0.25) is 0 Å². The summed E-state index contributed by atoms with van der Waals surface area (Å²) in [5.74, 6) is 1.65. The van der Waals surface area contributed by atoms with Gasteiger partial charge < -0.3 is 10.1 Å². The van der Waals surface area contributed by atoms with Gasteiger partial charge in [-0.3, -0.25) is 4.79 Å². The van der Waals surface area contributed by atoms with Crippen molar-refractivity contribution in [2.24, 2.45) is 11.8 Å². The van der Waals surface area contributed by atoms with E-state index in [2.05, 4.69) is 19.2 Å². The normalized spacial score (nSPS) is 17.5. The number of benzene rings is 1. The van der Waals surface area contributed by atoms with Crippen molar-refractivity contribution in [1.29, 1.82) is 0 Å². The van der Waals surface area contributed by atoms with Crippen LogP contribution in [0.3, 0.4) is 0 Å². The van der Waals surface area contributed by atoms with Gasteiger partial charge in [-0.25, -0.2) is 0 Å². The topological polar surface area (TPSA) is 38.3 Å². The molecule has 1 fully saturated rings. The molecular weight excluding hydrogens is 262 g/mol. The Labute approximate surface area is 128 Å². The van der Waals surface area contributed by atoms with Crippen molar-refractivity contribution >= 4 is 5.91 Å². The number of nitrogens with one attached hydrogen (secondary N) is 1. The molecule has 0 aromatic heterocycles. The second-order valence-corrected chi connectivity index (χ2v) is 6.34. The Balaban J connectivity index is 2.05. The Morgan fingerprint density at radius 3 is 2.29 bits per heavy atom. The molecule has 1 aromatic rings. The predicted molar refractivity (Wildman–Crippen MR) is 85.3 cm³/mol. The number of methoxy groups -OCH3 is 1. The average molecular weight is 289 g/mol. The molecule has 3 nitrogen and oxygen atoms in total. The first-order valence-corrected chi connectivity index (χ1v) is 8.06. The zero-order chi connectivity index (χ0) is 15.2. The number of hydrogen-bond acceptors (Lipinski definition) is 2. The number of carbonyl (C=O) groups excluding carboxylic acids is 1. The van der Waals surface area contributed by atoms with E-state index in [0.717, 1.165) is 24.2 Å². The van der Waals surface area contributed by atoms with Gasteiger partial charge in [0, 0.05) is 5.92 Å². The lowest BCUT2D eigenvalue weighted by Gasteiger charge is -2.27. The van der Waals surface area contributed by atoms with E-state index in [0.29, 0.717) is 5.92 Å². The molecule has 1 atom stereocenters. The average Bonchev–Trinajstić information content (AvgIpc) is 2.53. The van der Waals surface area contributed by atoms with Gasteiger partial charge in [0.15, 0.2) is 0 Å². The Hall–Kier alpha value is -1.51. The van der Waals surface area contributed by atoms with E-state index in [1.54, 1.807) is 7.11 Å². The summed E-state index contributed by atoms with van der Waals surface area (Å²) in [6.07, 6.45) is 5.73. The van der Waals surface area contributed by atoms with Crippen LogP contribution in [0.25, 0.3) is 0 Å². The number of hydrogen-bond donors (Lipinski definition) is 1. The van der Waals surface area contributed by atoms with Crippen molar-refractivity contribution in [3.63, 3.8) is 0 Å². The minimum absolute atomic E-state index is 0.0744. The molecular formula is C18H27NO2. The molecule has 0 spiro atoms. The molecule has 1 aromatic carbocycles. The fourth-order valence-electron chi connectivity index (χ4n) is 3.08. The third kappa shape index (κ3) is 4.23. The van der Waals surface area contributed by atoms with Crippen LogP contribution >= 0.6 is 0 Å². The second kappa shape index (κ2) is 7.48. The van der Waals surface area contributed by atoms with Crippen molar-refractivity contribution < 1.29 is 9.53 Å². The third-order valence-corrected chi connectivity index (χ3v) is 4.42. The number of ether oxygens (including phenoxy) is 1. The van der Waals surface area contributed by atoms with Crippen molar-refractivity contribution in [2.75, 3.05) is 7.11 Å². The highest BCUT2D eigenvalue weighted by atomic mass is 16.5. The Morgan fingerprint density at radius 1 is 1.14 bits per heavy atom. The summed E-state index contributed by atoms with van der Waals surface area (Å²) in [6, 6.07) is 8.08. The smallest absolute Gasteiger partial charge is 0.223 e. The molecule has 1 aliphatic rings. The molecule has 2 rings (SSSR count). The zero-order valence-corrected chi connectivity index (χ0v) is 13.4. The van der Waals surface area contributed by atoms with Crippen LogP contribution in [-0.2, 0) is 4.79 Å². The van der Waals surface area contributed by atoms with E-state index < -0.39 is 0 Å². The maximum absolute atomic E-state index is 12.5. The van der Waals surface area contributed by atoms with E-state index in [4.69, 9.17) is 4.74 Å². The summed E-state index contributed by atoms with van der Waals surface area (Å²) in [6.45, 7) is 4.30. The fourth-order valence-corrected chi connectivity index (χ4v) is 3.08.